The lowest BCUT2D eigenvalue weighted by Crippen LogP contribution is -2.15. The normalized spacial score (nSPS) is 12.9. The van der Waals surface area contributed by atoms with Crippen molar-refractivity contribution in [3.63, 3.8) is 0 Å². The van der Waals surface area contributed by atoms with Gasteiger partial charge >= 0.3 is 0 Å². The van der Waals surface area contributed by atoms with Gasteiger partial charge in [0.15, 0.2) is 0 Å². The summed E-state index contributed by atoms with van der Waals surface area (Å²) in [6.45, 7) is 1.91. The predicted octanol–water partition coefficient (Wildman–Crippen LogP) is 2.16. The van der Waals surface area contributed by atoms with Gasteiger partial charge < -0.3 is 4.84 Å². The van der Waals surface area contributed by atoms with Gasteiger partial charge in [-0.15, -0.1) is 0 Å². The van der Waals surface area contributed by atoms with Gasteiger partial charge in [-0.3, -0.25) is 0 Å². The smallest absolute Gasteiger partial charge is 0.0800 e. The lowest BCUT2D eigenvalue weighted by atomic mass is 10.1. The zero-order valence-electron chi connectivity index (χ0n) is 6.96. The Kier molecular flexibility index (Phi) is 3.53. The van der Waals surface area contributed by atoms with Crippen LogP contribution in [-0.4, -0.2) is 6.10 Å². The van der Waals surface area contributed by atoms with Crippen LogP contribution in [0.1, 0.15) is 12.5 Å². The van der Waals surface area contributed by atoms with Gasteiger partial charge in [0.2, 0.25) is 0 Å². The number of hydrogen-bond acceptors (Lipinski definition) is 2. The Morgan fingerprint density at radius 3 is 2.75 bits per heavy atom. The highest BCUT2D eigenvalue weighted by Crippen LogP contribution is 2.16. The van der Waals surface area contributed by atoms with Crippen molar-refractivity contribution in [3.05, 3.63) is 34.9 Å². The molecule has 0 aliphatic heterocycles. The van der Waals surface area contributed by atoms with Crippen molar-refractivity contribution in [2.45, 2.75) is 19.4 Å². The molecule has 0 bridgehead atoms. The Balaban J connectivity index is 2.69. The molecular weight excluding hydrogens is 174 g/mol. The predicted molar refractivity (Wildman–Crippen MR) is 49.9 cm³/mol. The van der Waals surface area contributed by atoms with E-state index in [-0.39, 0.29) is 6.10 Å². The maximum atomic E-state index is 5.93. The van der Waals surface area contributed by atoms with Crippen LogP contribution in [0, 0.1) is 0 Å². The fraction of sp³-hybridized carbons (Fsp3) is 0.333. The second-order valence-corrected chi connectivity index (χ2v) is 3.15. The highest BCUT2D eigenvalue weighted by atomic mass is 35.5. The van der Waals surface area contributed by atoms with Gasteiger partial charge in [-0.05, 0) is 18.6 Å². The summed E-state index contributed by atoms with van der Waals surface area (Å²) in [6, 6.07) is 7.68. The molecule has 0 amide bonds. The van der Waals surface area contributed by atoms with Gasteiger partial charge in [-0.25, -0.2) is 5.90 Å². The topological polar surface area (TPSA) is 35.2 Å². The quantitative estimate of drug-likeness (QED) is 0.733. The average Bonchev–Trinajstić information content (AvgIpc) is 2.09. The lowest BCUT2D eigenvalue weighted by Gasteiger charge is -2.09. The zero-order valence-corrected chi connectivity index (χ0v) is 7.71. The van der Waals surface area contributed by atoms with Crippen molar-refractivity contribution < 1.29 is 4.84 Å². The Bertz CT molecular complexity index is 252. The summed E-state index contributed by atoms with van der Waals surface area (Å²) in [7, 11) is 0. The largest absolute Gasteiger partial charge is 0.301 e. The van der Waals surface area contributed by atoms with Crippen molar-refractivity contribution in [1.29, 1.82) is 0 Å². The molecule has 12 heavy (non-hydrogen) atoms. The van der Waals surface area contributed by atoms with Crippen LogP contribution in [0.3, 0.4) is 0 Å². The second-order valence-electron chi connectivity index (χ2n) is 2.74. The number of nitrogens with two attached hydrogens (primary N) is 1. The van der Waals surface area contributed by atoms with Gasteiger partial charge in [-0.2, -0.15) is 0 Å². The molecule has 0 heterocycles. The van der Waals surface area contributed by atoms with E-state index in [1.165, 1.54) is 0 Å². The van der Waals surface area contributed by atoms with Crippen molar-refractivity contribution in [1.82, 2.24) is 0 Å². The Morgan fingerprint density at radius 2 is 2.17 bits per heavy atom. The fourth-order valence-corrected chi connectivity index (χ4v) is 1.23. The molecule has 1 aromatic carbocycles. The van der Waals surface area contributed by atoms with Crippen molar-refractivity contribution in [2.24, 2.45) is 5.90 Å². The van der Waals surface area contributed by atoms with E-state index < -0.39 is 0 Å². The molecule has 0 fully saturated rings. The standard InChI is InChI=1S/C9H12ClNO/c1-7(12-11)6-8-4-2-3-5-9(8)10/h2-5,7H,6,11H2,1H3. The first-order valence-corrected chi connectivity index (χ1v) is 4.20. The van der Waals surface area contributed by atoms with E-state index in [0.717, 1.165) is 17.0 Å². The van der Waals surface area contributed by atoms with Gasteiger partial charge in [0, 0.05) is 11.4 Å². The minimum absolute atomic E-state index is 0.00454. The first kappa shape index (κ1) is 9.52. The van der Waals surface area contributed by atoms with E-state index in [9.17, 15) is 0 Å². The molecule has 1 atom stereocenters. The number of rotatable bonds is 3. The monoisotopic (exact) mass is 185 g/mol. The number of halogens is 1. The molecule has 2 nitrogen and oxygen atoms in total. The van der Waals surface area contributed by atoms with Crippen molar-refractivity contribution >= 4 is 11.6 Å². The minimum atomic E-state index is 0.00454. The van der Waals surface area contributed by atoms with Crippen LogP contribution < -0.4 is 5.90 Å². The second kappa shape index (κ2) is 4.45. The molecule has 1 rings (SSSR count). The first-order valence-electron chi connectivity index (χ1n) is 3.83. The van der Waals surface area contributed by atoms with Crippen LogP contribution in [0.15, 0.2) is 24.3 Å². The van der Waals surface area contributed by atoms with Crippen LogP contribution in [-0.2, 0) is 11.3 Å². The molecule has 0 aliphatic rings. The van der Waals surface area contributed by atoms with E-state index >= 15 is 0 Å². The van der Waals surface area contributed by atoms with Crippen LogP contribution in [0.4, 0.5) is 0 Å². The van der Waals surface area contributed by atoms with Gasteiger partial charge in [0.1, 0.15) is 0 Å². The Morgan fingerprint density at radius 1 is 1.50 bits per heavy atom. The highest BCUT2D eigenvalue weighted by molar-refractivity contribution is 6.31. The molecule has 1 unspecified atom stereocenters. The van der Waals surface area contributed by atoms with E-state index in [2.05, 4.69) is 4.84 Å². The number of hydrogen-bond donors (Lipinski definition) is 1. The van der Waals surface area contributed by atoms with Crippen molar-refractivity contribution in [2.75, 3.05) is 0 Å². The third kappa shape index (κ3) is 2.48. The van der Waals surface area contributed by atoms with E-state index in [4.69, 9.17) is 17.5 Å². The van der Waals surface area contributed by atoms with Gasteiger partial charge in [0.25, 0.3) is 0 Å². The third-order valence-corrected chi connectivity index (χ3v) is 2.07. The minimum Gasteiger partial charge on any atom is -0.301 e. The molecule has 3 heteroatoms. The SMILES string of the molecule is CC(Cc1ccccc1Cl)ON. The van der Waals surface area contributed by atoms with Crippen LogP contribution >= 0.6 is 11.6 Å². The molecule has 0 saturated heterocycles. The average molecular weight is 186 g/mol. The first-order chi connectivity index (χ1) is 5.74. The maximum Gasteiger partial charge on any atom is 0.0800 e. The van der Waals surface area contributed by atoms with Crippen molar-refractivity contribution in [3.8, 4) is 0 Å². The maximum absolute atomic E-state index is 5.93. The molecule has 66 valence electrons. The molecule has 0 aromatic heterocycles. The van der Waals surface area contributed by atoms with Crippen LogP contribution in [0.2, 0.25) is 5.02 Å². The molecule has 0 radical (unpaired) electrons. The van der Waals surface area contributed by atoms with Gasteiger partial charge in [-0.1, -0.05) is 29.8 Å². The van der Waals surface area contributed by atoms with E-state index in [1.807, 2.05) is 31.2 Å². The fourth-order valence-electron chi connectivity index (χ4n) is 1.02. The summed E-state index contributed by atoms with van der Waals surface area (Å²) in [6.07, 6.45) is 0.751. The Labute approximate surface area is 77.2 Å². The van der Waals surface area contributed by atoms with E-state index in [1.54, 1.807) is 0 Å². The third-order valence-electron chi connectivity index (χ3n) is 1.70. The van der Waals surface area contributed by atoms with E-state index in [0.29, 0.717) is 0 Å². The molecule has 0 spiro atoms. The van der Waals surface area contributed by atoms with Crippen LogP contribution in [0.25, 0.3) is 0 Å². The molecule has 0 saturated carbocycles. The summed E-state index contributed by atoms with van der Waals surface area (Å²) in [4.78, 5) is 4.65. The summed E-state index contributed by atoms with van der Waals surface area (Å²) in [5, 5.41) is 0.765. The molecule has 2 N–H and O–H groups in total. The molecule has 0 aliphatic carbocycles. The summed E-state index contributed by atoms with van der Waals surface area (Å²) in [5.41, 5.74) is 1.07. The zero-order chi connectivity index (χ0) is 8.97. The van der Waals surface area contributed by atoms with Crippen LogP contribution in [0.5, 0.6) is 0 Å². The Hall–Kier alpha value is -0.570. The lowest BCUT2D eigenvalue weighted by molar-refractivity contribution is 0.0671. The summed E-state index contributed by atoms with van der Waals surface area (Å²) < 4.78 is 0. The summed E-state index contributed by atoms with van der Waals surface area (Å²) >= 11 is 5.93. The highest BCUT2D eigenvalue weighted by Gasteiger charge is 2.04. The van der Waals surface area contributed by atoms with Gasteiger partial charge in [0.05, 0.1) is 6.10 Å². The molecular formula is C9H12ClNO. The summed E-state index contributed by atoms with van der Waals surface area (Å²) in [5.74, 6) is 5.03. The number of benzene rings is 1. The molecule has 1 aromatic rings.